The van der Waals surface area contributed by atoms with Gasteiger partial charge in [0.1, 0.15) is 5.82 Å². The Balaban J connectivity index is 1.82. The fourth-order valence-corrected chi connectivity index (χ4v) is 3.21. The van der Waals surface area contributed by atoms with E-state index in [1.807, 2.05) is 0 Å². The first-order valence-corrected chi connectivity index (χ1v) is 8.15. The molecule has 2 N–H and O–H groups in total. The van der Waals surface area contributed by atoms with Crippen molar-refractivity contribution in [3.05, 3.63) is 64.5 Å². The molecule has 0 spiro atoms. The van der Waals surface area contributed by atoms with Crippen LogP contribution < -0.4 is 5.32 Å². The van der Waals surface area contributed by atoms with Crippen LogP contribution in [0.25, 0.3) is 0 Å². The molecule has 4 nitrogen and oxygen atoms in total. The van der Waals surface area contributed by atoms with E-state index in [0.29, 0.717) is 5.56 Å². The van der Waals surface area contributed by atoms with Crippen LogP contribution in [-0.2, 0) is 17.5 Å². The molecule has 1 aliphatic rings. The van der Waals surface area contributed by atoms with Gasteiger partial charge in [-0.05, 0) is 36.6 Å². The van der Waals surface area contributed by atoms with Crippen LogP contribution in [0.2, 0.25) is 0 Å². The van der Waals surface area contributed by atoms with Gasteiger partial charge in [0.05, 0.1) is 23.3 Å². The quantitative estimate of drug-likeness (QED) is 0.626. The number of alkyl halides is 3. The predicted octanol–water partition coefficient (Wildman–Crippen LogP) is 3.61. The van der Waals surface area contributed by atoms with Gasteiger partial charge < -0.3 is 10.4 Å². The molecule has 0 bridgehead atoms. The first-order chi connectivity index (χ1) is 12.7. The highest BCUT2D eigenvalue weighted by atomic mass is 19.4. The minimum Gasteiger partial charge on any atom is -0.387 e. The average Bonchev–Trinajstić information content (AvgIpc) is 2.60. The van der Waals surface area contributed by atoms with Crippen molar-refractivity contribution in [3.63, 3.8) is 0 Å². The van der Waals surface area contributed by atoms with Crippen LogP contribution in [0.15, 0.2) is 30.3 Å². The summed E-state index contributed by atoms with van der Waals surface area (Å²) in [4.78, 5) is 16.1. The Morgan fingerprint density at radius 1 is 1.19 bits per heavy atom. The third-order valence-corrected chi connectivity index (χ3v) is 4.52. The van der Waals surface area contributed by atoms with Crippen molar-refractivity contribution in [2.45, 2.75) is 37.6 Å². The smallest absolute Gasteiger partial charge is 0.387 e. The first kappa shape index (κ1) is 19.2. The van der Waals surface area contributed by atoms with Crippen molar-refractivity contribution in [2.75, 3.05) is 0 Å². The number of amides is 1. The zero-order valence-corrected chi connectivity index (χ0v) is 13.9. The highest BCUT2D eigenvalue weighted by molar-refractivity contribution is 5.84. The van der Waals surface area contributed by atoms with Crippen LogP contribution in [0.4, 0.5) is 22.0 Å². The number of hydrogen-bond donors (Lipinski definition) is 2. The van der Waals surface area contributed by atoms with Crippen molar-refractivity contribution in [1.29, 1.82) is 0 Å². The van der Waals surface area contributed by atoms with E-state index in [4.69, 9.17) is 0 Å². The number of aliphatic hydroxyl groups excluding tert-OH is 1. The molecular formula is C18H15F5N2O2. The lowest BCUT2D eigenvalue weighted by Gasteiger charge is -2.27. The second-order valence-corrected chi connectivity index (χ2v) is 6.24. The molecule has 1 aliphatic carbocycles. The second-order valence-electron chi connectivity index (χ2n) is 6.24. The Hall–Kier alpha value is -2.55. The van der Waals surface area contributed by atoms with E-state index in [1.165, 1.54) is 6.07 Å². The Morgan fingerprint density at radius 2 is 1.93 bits per heavy atom. The summed E-state index contributed by atoms with van der Waals surface area (Å²) >= 11 is 0. The van der Waals surface area contributed by atoms with Crippen molar-refractivity contribution in [2.24, 2.45) is 0 Å². The van der Waals surface area contributed by atoms with Crippen molar-refractivity contribution in [1.82, 2.24) is 10.3 Å². The maximum Gasteiger partial charge on any atom is 0.416 e. The van der Waals surface area contributed by atoms with Crippen LogP contribution in [0.1, 0.15) is 47.2 Å². The minimum atomic E-state index is -4.76. The van der Waals surface area contributed by atoms with Gasteiger partial charge in [-0.15, -0.1) is 0 Å². The van der Waals surface area contributed by atoms with Crippen molar-refractivity contribution in [3.8, 4) is 0 Å². The van der Waals surface area contributed by atoms with Gasteiger partial charge >= 0.3 is 6.18 Å². The Bertz CT molecular complexity index is 869. The van der Waals surface area contributed by atoms with Gasteiger partial charge in [-0.25, -0.2) is 9.37 Å². The van der Waals surface area contributed by atoms with Gasteiger partial charge in [-0.3, -0.25) is 4.79 Å². The van der Waals surface area contributed by atoms with Gasteiger partial charge in [0.25, 0.3) is 0 Å². The standard InChI is InChI=1S/C18H15F5N2O2/c19-13-3-1-2-12(18(21,22)23)11(13)8-24-17(27)10-4-6-14(26)16-9(10)5-7-15(20)25-16/h1-3,5,7,10,14,26H,4,6,8H2,(H,24,27)/t10-,14-/m0/s1. The molecule has 0 saturated carbocycles. The number of nitrogens with zero attached hydrogens (tertiary/aromatic N) is 1. The molecule has 2 atom stereocenters. The van der Waals surface area contributed by atoms with Crippen LogP contribution in [0.5, 0.6) is 0 Å². The predicted molar refractivity (Wildman–Crippen MR) is 84.4 cm³/mol. The summed E-state index contributed by atoms with van der Waals surface area (Å²) < 4.78 is 66.3. The van der Waals surface area contributed by atoms with Crippen LogP contribution in [0, 0.1) is 11.8 Å². The van der Waals surface area contributed by atoms with Gasteiger partial charge in [-0.1, -0.05) is 12.1 Å². The molecule has 27 heavy (non-hydrogen) atoms. The zero-order chi connectivity index (χ0) is 19.8. The number of aromatic nitrogens is 1. The molecule has 1 aromatic heterocycles. The number of nitrogens with one attached hydrogen (secondary N) is 1. The molecule has 3 rings (SSSR count). The molecule has 2 aromatic rings. The molecular weight excluding hydrogens is 371 g/mol. The molecule has 0 fully saturated rings. The number of pyridine rings is 1. The lowest BCUT2D eigenvalue weighted by atomic mass is 9.83. The van der Waals surface area contributed by atoms with Gasteiger partial charge in [0.15, 0.2) is 0 Å². The van der Waals surface area contributed by atoms with E-state index in [9.17, 15) is 31.9 Å². The van der Waals surface area contributed by atoms with Gasteiger partial charge in [0.2, 0.25) is 11.9 Å². The minimum absolute atomic E-state index is 0.0308. The van der Waals surface area contributed by atoms with E-state index in [2.05, 4.69) is 10.3 Å². The number of benzene rings is 1. The molecule has 0 saturated heterocycles. The molecule has 144 valence electrons. The van der Waals surface area contributed by atoms with Crippen LogP contribution >= 0.6 is 0 Å². The van der Waals surface area contributed by atoms with E-state index in [-0.39, 0.29) is 18.5 Å². The summed E-state index contributed by atoms with van der Waals surface area (Å²) in [6.45, 7) is -0.649. The number of hydrogen-bond acceptors (Lipinski definition) is 3. The number of carbonyl (C=O) groups excluding carboxylic acids is 1. The second kappa shape index (κ2) is 7.22. The highest BCUT2D eigenvalue weighted by Gasteiger charge is 2.35. The fourth-order valence-electron chi connectivity index (χ4n) is 3.21. The summed E-state index contributed by atoms with van der Waals surface area (Å²) in [5.74, 6) is -3.35. The number of rotatable bonds is 3. The highest BCUT2D eigenvalue weighted by Crippen LogP contribution is 2.37. The topological polar surface area (TPSA) is 62.2 Å². The van der Waals surface area contributed by atoms with Crippen molar-refractivity contribution >= 4 is 5.91 Å². The molecule has 1 amide bonds. The first-order valence-electron chi connectivity index (χ1n) is 8.15. The van der Waals surface area contributed by atoms with Gasteiger partial charge in [0, 0.05) is 12.1 Å². The van der Waals surface area contributed by atoms with E-state index in [1.54, 1.807) is 0 Å². The SMILES string of the molecule is O=C(NCc1c(F)cccc1C(F)(F)F)[C@H]1CC[C@H](O)c2nc(F)ccc21. The normalized spacial score (nSPS) is 19.5. The number of aliphatic hydroxyl groups is 1. The zero-order valence-electron chi connectivity index (χ0n) is 13.9. The van der Waals surface area contributed by atoms with Crippen LogP contribution in [-0.4, -0.2) is 16.0 Å². The average molecular weight is 386 g/mol. The molecule has 0 aliphatic heterocycles. The monoisotopic (exact) mass is 386 g/mol. The molecule has 0 unspecified atom stereocenters. The third-order valence-electron chi connectivity index (χ3n) is 4.52. The molecule has 9 heteroatoms. The largest absolute Gasteiger partial charge is 0.416 e. The summed E-state index contributed by atoms with van der Waals surface area (Å²) in [6.07, 6.45) is -5.43. The van der Waals surface area contributed by atoms with E-state index in [0.717, 1.165) is 24.3 Å². The van der Waals surface area contributed by atoms with E-state index < -0.39 is 53.5 Å². The summed E-state index contributed by atoms with van der Waals surface area (Å²) in [5, 5.41) is 12.2. The number of carbonyl (C=O) groups is 1. The maximum atomic E-state index is 13.9. The fraction of sp³-hybridized carbons (Fsp3) is 0.333. The summed E-state index contributed by atoms with van der Waals surface area (Å²) in [6, 6.07) is 4.92. The van der Waals surface area contributed by atoms with E-state index >= 15 is 0 Å². The molecule has 1 aromatic carbocycles. The van der Waals surface area contributed by atoms with Crippen LogP contribution in [0.3, 0.4) is 0 Å². The Morgan fingerprint density at radius 3 is 2.63 bits per heavy atom. The summed E-state index contributed by atoms with van der Waals surface area (Å²) in [5.41, 5.74) is -1.49. The summed E-state index contributed by atoms with van der Waals surface area (Å²) in [7, 11) is 0. The Labute approximate surface area is 151 Å². The lowest BCUT2D eigenvalue weighted by molar-refractivity contribution is -0.138. The lowest BCUT2D eigenvalue weighted by Crippen LogP contribution is -2.33. The molecule has 1 heterocycles. The maximum absolute atomic E-state index is 13.9. The van der Waals surface area contributed by atoms with Crippen molar-refractivity contribution < 1.29 is 31.9 Å². The van der Waals surface area contributed by atoms with Gasteiger partial charge in [-0.2, -0.15) is 17.6 Å². The number of fused-ring (bicyclic) bond motifs is 1. The Kier molecular flexibility index (Phi) is 5.14. The third kappa shape index (κ3) is 3.92. The number of halogens is 5. The molecule has 0 radical (unpaired) electrons.